The van der Waals surface area contributed by atoms with Crippen molar-refractivity contribution in [3.8, 4) is 0 Å². The monoisotopic (exact) mass is 292 g/mol. The predicted molar refractivity (Wildman–Crippen MR) is 86.9 cm³/mol. The van der Waals surface area contributed by atoms with Crippen LogP contribution < -0.4 is 10.9 Å². The van der Waals surface area contributed by atoms with Crippen molar-refractivity contribution in [3.05, 3.63) is 81.6 Å². The van der Waals surface area contributed by atoms with Crippen LogP contribution in [0.3, 0.4) is 0 Å². The maximum atomic E-state index is 12.4. The van der Waals surface area contributed by atoms with E-state index in [1.807, 2.05) is 49.4 Å². The van der Waals surface area contributed by atoms with Crippen LogP contribution in [0.2, 0.25) is 0 Å². The van der Waals surface area contributed by atoms with Gasteiger partial charge in [0.2, 0.25) is 5.56 Å². The van der Waals surface area contributed by atoms with E-state index in [1.54, 1.807) is 6.07 Å². The first-order chi connectivity index (χ1) is 10.6. The van der Waals surface area contributed by atoms with E-state index in [0.29, 0.717) is 17.6 Å². The van der Waals surface area contributed by atoms with E-state index in [4.69, 9.17) is 0 Å². The highest BCUT2D eigenvalue weighted by Crippen LogP contribution is 2.14. The summed E-state index contributed by atoms with van der Waals surface area (Å²) in [5.74, 6) is -0.246. The quantitative estimate of drug-likeness (QED) is 0.779. The number of aromatic nitrogens is 1. The first-order valence-corrected chi connectivity index (χ1v) is 7.09. The summed E-state index contributed by atoms with van der Waals surface area (Å²) < 4.78 is 0. The Morgan fingerprint density at radius 1 is 1.09 bits per heavy atom. The maximum Gasteiger partial charge on any atom is 0.252 e. The molecule has 4 nitrogen and oxygen atoms in total. The zero-order chi connectivity index (χ0) is 15.5. The van der Waals surface area contributed by atoms with Gasteiger partial charge in [-0.1, -0.05) is 48.0 Å². The van der Waals surface area contributed by atoms with Crippen LogP contribution in [0.5, 0.6) is 0 Å². The molecule has 110 valence electrons. The number of aromatic amines is 1. The van der Waals surface area contributed by atoms with E-state index in [1.165, 1.54) is 6.07 Å². The standard InChI is InChI=1S/C18H16N2O2/c1-12-5-4-6-13(9-12)11-19-18(22)15-10-17(21)20-16-8-3-2-7-14(15)16/h2-10H,11H2,1H3,(H,19,22)(H,20,21). The third kappa shape index (κ3) is 2.91. The SMILES string of the molecule is Cc1cccc(CNC(=O)c2cc(=O)[nH]c3ccccc23)c1. The number of H-pyrrole nitrogens is 1. The number of carbonyl (C=O) groups excluding carboxylic acids is 1. The molecule has 0 aliphatic rings. The molecule has 2 aromatic carbocycles. The Bertz CT molecular complexity index is 897. The summed E-state index contributed by atoms with van der Waals surface area (Å²) in [6.07, 6.45) is 0. The zero-order valence-electron chi connectivity index (χ0n) is 12.2. The van der Waals surface area contributed by atoms with Gasteiger partial charge in [-0.25, -0.2) is 0 Å². The van der Waals surface area contributed by atoms with Gasteiger partial charge in [-0.2, -0.15) is 0 Å². The number of benzene rings is 2. The van der Waals surface area contributed by atoms with E-state index in [-0.39, 0.29) is 11.5 Å². The fourth-order valence-corrected chi connectivity index (χ4v) is 2.49. The number of para-hydroxylation sites is 1. The lowest BCUT2D eigenvalue weighted by molar-refractivity contribution is 0.0952. The van der Waals surface area contributed by atoms with Crippen LogP contribution in [0, 0.1) is 6.92 Å². The van der Waals surface area contributed by atoms with Crippen molar-refractivity contribution in [1.29, 1.82) is 0 Å². The minimum absolute atomic E-state index is 0.246. The van der Waals surface area contributed by atoms with Gasteiger partial charge in [0.05, 0.1) is 5.56 Å². The molecule has 0 spiro atoms. The molecule has 3 aromatic rings. The average Bonchev–Trinajstić information content (AvgIpc) is 2.52. The Balaban J connectivity index is 1.88. The summed E-state index contributed by atoms with van der Waals surface area (Å²) in [4.78, 5) is 26.8. The highest BCUT2D eigenvalue weighted by atomic mass is 16.2. The third-order valence-corrected chi connectivity index (χ3v) is 3.53. The Labute approximate surface area is 127 Å². The summed E-state index contributed by atoms with van der Waals surface area (Å²) >= 11 is 0. The Kier molecular flexibility index (Phi) is 3.74. The van der Waals surface area contributed by atoms with Gasteiger partial charge in [0, 0.05) is 23.5 Å². The number of fused-ring (bicyclic) bond motifs is 1. The Morgan fingerprint density at radius 2 is 1.91 bits per heavy atom. The highest BCUT2D eigenvalue weighted by molar-refractivity contribution is 6.05. The molecule has 1 amide bonds. The van der Waals surface area contributed by atoms with Crippen LogP contribution in [0.15, 0.2) is 59.4 Å². The fourth-order valence-electron chi connectivity index (χ4n) is 2.49. The van der Waals surface area contributed by atoms with Crippen LogP contribution in [0.4, 0.5) is 0 Å². The van der Waals surface area contributed by atoms with Crippen molar-refractivity contribution in [3.63, 3.8) is 0 Å². The average molecular weight is 292 g/mol. The number of rotatable bonds is 3. The molecule has 0 atom stereocenters. The molecule has 1 heterocycles. The number of carbonyl (C=O) groups is 1. The van der Waals surface area contributed by atoms with Gasteiger partial charge in [-0.15, -0.1) is 0 Å². The third-order valence-electron chi connectivity index (χ3n) is 3.53. The van der Waals surface area contributed by atoms with Gasteiger partial charge < -0.3 is 10.3 Å². The van der Waals surface area contributed by atoms with Crippen LogP contribution in [0.1, 0.15) is 21.5 Å². The molecular weight excluding hydrogens is 276 g/mol. The molecule has 0 unspecified atom stereocenters. The molecule has 1 aromatic heterocycles. The first kappa shape index (κ1) is 14.1. The highest BCUT2D eigenvalue weighted by Gasteiger charge is 2.11. The second kappa shape index (κ2) is 5.85. The number of pyridine rings is 1. The first-order valence-electron chi connectivity index (χ1n) is 7.09. The van der Waals surface area contributed by atoms with E-state index in [9.17, 15) is 9.59 Å². The van der Waals surface area contributed by atoms with E-state index < -0.39 is 0 Å². The Hall–Kier alpha value is -2.88. The second-order valence-corrected chi connectivity index (χ2v) is 5.26. The lowest BCUT2D eigenvalue weighted by atomic mass is 10.1. The summed E-state index contributed by atoms with van der Waals surface area (Å²) in [6, 6.07) is 16.6. The molecule has 0 aliphatic heterocycles. The lowest BCUT2D eigenvalue weighted by Gasteiger charge is -2.08. The van der Waals surface area contributed by atoms with Crippen molar-refractivity contribution in [2.45, 2.75) is 13.5 Å². The van der Waals surface area contributed by atoms with Gasteiger partial charge in [0.1, 0.15) is 0 Å². The molecule has 3 rings (SSSR count). The van der Waals surface area contributed by atoms with Crippen molar-refractivity contribution in [1.82, 2.24) is 10.3 Å². The predicted octanol–water partition coefficient (Wildman–Crippen LogP) is 2.77. The molecule has 0 bridgehead atoms. The number of amides is 1. The van der Waals surface area contributed by atoms with Crippen LogP contribution in [0.25, 0.3) is 10.9 Å². The zero-order valence-corrected chi connectivity index (χ0v) is 12.2. The van der Waals surface area contributed by atoms with Crippen molar-refractivity contribution >= 4 is 16.8 Å². The largest absolute Gasteiger partial charge is 0.348 e. The number of nitrogens with one attached hydrogen (secondary N) is 2. The second-order valence-electron chi connectivity index (χ2n) is 5.26. The summed E-state index contributed by atoms with van der Waals surface area (Å²) in [7, 11) is 0. The summed E-state index contributed by atoms with van der Waals surface area (Å²) in [5, 5.41) is 3.61. The van der Waals surface area contributed by atoms with Crippen LogP contribution in [-0.4, -0.2) is 10.9 Å². The van der Waals surface area contributed by atoms with Crippen molar-refractivity contribution in [2.75, 3.05) is 0 Å². The van der Waals surface area contributed by atoms with E-state index in [2.05, 4.69) is 10.3 Å². The van der Waals surface area contributed by atoms with Gasteiger partial charge in [0.15, 0.2) is 0 Å². The van der Waals surface area contributed by atoms with Gasteiger partial charge in [-0.05, 0) is 18.6 Å². The minimum atomic E-state index is -0.278. The molecule has 0 radical (unpaired) electrons. The topological polar surface area (TPSA) is 62.0 Å². The lowest BCUT2D eigenvalue weighted by Crippen LogP contribution is -2.24. The van der Waals surface area contributed by atoms with E-state index >= 15 is 0 Å². The number of aryl methyl sites for hydroxylation is 1. The van der Waals surface area contributed by atoms with Crippen LogP contribution >= 0.6 is 0 Å². The summed E-state index contributed by atoms with van der Waals surface area (Å²) in [6.45, 7) is 2.44. The smallest absolute Gasteiger partial charge is 0.252 e. The molecule has 0 saturated heterocycles. The van der Waals surface area contributed by atoms with Crippen molar-refractivity contribution in [2.24, 2.45) is 0 Å². The van der Waals surface area contributed by atoms with Gasteiger partial charge >= 0.3 is 0 Å². The normalized spacial score (nSPS) is 10.6. The number of hydrogen-bond donors (Lipinski definition) is 2. The Morgan fingerprint density at radius 3 is 2.73 bits per heavy atom. The number of hydrogen-bond acceptors (Lipinski definition) is 2. The fraction of sp³-hybridized carbons (Fsp3) is 0.111. The van der Waals surface area contributed by atoms with Crippen LogP contribution in [-0.2, 0) is 6.54 Å². The van der Waals surface area contributed by atoms with Crippen molar-refractivity contribution < 1.29 is 4.79 Å². The molecule has 4 heteroatoms. The molecular formula is C18H16N2O2. The van der Waals surface area contributed by atoms with Gasteiger partial charge in [-0.3, -0.25) is 9.59 Å². The summed E-state index contributed by atoms with van der Waals surface area (Å²) in [5.41, 5.74) is 2.96. The minimum Gasteiger partial charge on any atom is -0.348 e. The molecule has 0 fully saturated rings. The molecule has 0 aliphatic carbocycles. The molecule has 0 saturated carbocycles. The maximum absolute atomic E-state index is 12.4. The molecule has 22 heavy (non-hydrogen) atoms. The van der Waals surface area contributed by atoms with E-state index in [0.717, 1.165) is 16.5 Å². The van der Waals surface area contributed by atoms with Gasteiger partial charge in [0.25, 0.3) is 5.91 Å². The molecule has 2 N–H and O–H groups in total.